The predicted molar refractivity (Wildman–Crippen MR) is 53.1 cm³/mol. The monoisotopic (exact) mass is 260 g/mol. The second-order valence-electron chi connectivity index (χ2n) is 2.53. The van der Waals surface area contributed by atoms with Crippen LogP contribution >= 0.6 is 35.0 Å². The van der Waals surface area contributed by atoms with Gasteiger partial charge in [-0.3, -0.25) is 0 Å². The fourth-order valence-corrected chi connectivity index (χ4v) is 2.07. The van der Waals surface area contributed by atoms with Crippen LogP contribution in [-0.4, -0.2) is 5.51 Å². The Morgan fingerprint density at radius 1 is 1.14 bits per heavy atom. The van der Waals surface area contributed by atoms with E-state index in [1.54, 1.807) is 0 Å². The van der Waals surface area contributed by atoms with Crippen LogP contribution in [-0.2, 0) is 0 Å². The topological polar surface area (TPSA) is 0 Å². The quantitative estimate of drug-likeness (QED) is 0.647. The molecule has 78 valence electrons. The highest BCUT2D eigenvalue weighted by Gasteiger charge is 2.31. The summed E-state index contributed by atoms with van der Waals surface area (Å²) in [5, 5.41) is 0.343. The number of rotatable bonds is 1. The Kier molecular flexibility index (Phi) is 3.61. The molecule has 0 aromatic heterocycles. The van der Waals surface area contributed by atoms with E-state index in [1.807, 2.05) is 0 Å². The summed E-state index contributed by atoms with van der Waals surface area (Å²) in [6.45, 7) is 1.50. The maximum absolute atomic E-state index is 12.1. The molecule has 0 bridgehead atoms. The summed E-state index contributed by atoms with van der Waals surface area (Å²) in [6, 6.07) is 2.82. The van der Waals surface area contributed by atoms with Crippen molar-refractivity contribution < 1.29 is 13.2 Å². The van der Waals surface area contributed by atoms with Crippen molar-refractivity contribution in [3.63, 3.8) is 0 Å². The zero-order valence-electron chi connectivity index (χ0n) is 6.95. The van der Waals surface area contributed by atoms with E-state index in [9.17, 15) is 13.2 Å². The zero-order valence-corrected chi connectivity index (χ0v) is 9.28. The SMILES string of the molecule is Cc1c(Cl)ccc(Cl)c1SC(F)(F)F. The molecule has 0 saturated carbocycles. The molecule has 0 unspecified atom stereocenters. The van der Waals surface area contributed by atoms with Gasteiger partial charge in [-0.05, 0) is 36.4 Å². The smallest absolute Gasteiger partial charge is 0.160 e. The number of alkyl halides is 3. The third-order valence-corrected chi connectivity index (χ3v) is 3.31. The Bertz CT molecular complexity index is 349. The van der Waals surface area contributed by atoms with E-state index >= 15 is 0 Å². The molecule has 0 nitrogen and oxygen atoms in total. The molecule has 14 heavy (non-hydrogen) atoms. The van der Waals surface area contributed by atoms with Crippen molar-refractivity contribution in [1.82, 2.24) is 0 Å². The van der Waals surface area contributed by atoms with Gasteiger partial charge in [-0.2, -0.15) is 13.2 Å². The first kappa shape index (κ1) is 12.0. The van der Waals surface area contributed by atoms with E-state index in [1.165, 1.54) is 19.1 Å². The molecule has 1 aromatic rings. The van der Waals surface area contributed by atoms with Gasteiger partial charge >= 0.3 is 5.51 Å². The van der Waals surface area contributed by atoms with Crippen LogP contribution in [0, 0.1) is 6.92 Å². The van der Waals surface area contributed by atoms with Gasteiger partial charge in [0.25, 0.3) is 0 Å². The Morgan fingerprint density at radius 3 is 2.14 bits per heavy atom. The van der Waals surface area contributed by atoms with E-state index in [2.05, 4.69) is 0 Å². The molecular formula is C8H5Cl2F3S. The van der Waals surface area contributed by atoms with Gasteiger partial charge in [0.2, 0.25) is 0 Å². The van der Waals surface area contributed by atoms with E-state index in [0.717, 1.165) is 0 Å². The first-order valence-electron chi connectivity index (χ1n) is 3.51. The first-order chi connectivity index (χ1) is 6.31. The number of hydrogen-bond acceptors (Lipinski definition) is 1. The summed E-state index contributed by atoms with van der Waals surface area (Å²) >= 11 is 11.1. The molecule has 1 aromatic carbocycles. The number of halogens is 5. The van der Waals surface area contributed by atoms with Crippen LogP contribution in [0.5, 0.6) is 0 Å². The molecule has 0 radical (unpaired) electrons. The minimum atomic E-state index is -4.35. The van der Waals surface area contributed by atoms with E-state index in [-0.39, 0.29) is 26.7 Å². The highest BCUT2D eigenvalue weighted by atomic mass is 35.5. The summed E-state index contributed by atoms with van der Waals surface area (Å²) < 4.78 is 36.3. The second-order valence-corrected chi connectivity index (χ2v) is 4.42. The molecule has 0 spiro atoms. The fraction of sp³-hybridized carbons (Fsp3) is 0.250. The van der Waals surface area contributed by atoms with Crippen molar-refractivity contribution in [2.75, 3.05) is 0 Å². The highest BCUT2D eigenvalue weighted by molar-refractivity contribution is 8.00. The third-order valence-electron chi connectivity index (χ3n) is 1.51. The van der Waals surface area contributed by atoms with Gasteiger partial charge < -0.3 is 0 Å². The minimum Gasteiger partial charge on any atom is -0.160 e. The predicted octanol–water partition coefficient (Wildman–Crippen LogP) is 4.91. The highest BCUT2D eigenvalue weighted by Crippen LogP contribution is 2.43. The Balaban J connectivity index is 3.13. The first-order valence-corrected chi connectivity index (χ1v) is 5.09. The van der Waals surface area contributed by atoms with Crippen molar-refractivity contribution in [3.8, 4) is 0 Å². The molecule has 0 aliphatic rings. The zero-order chi connectivity index (χ0) is 10.9. The number of hydrogen-bond donors (Lipinski definition) is 0. The summed E-state index contributed by atoms with van der Waals surface area (Å²) in [6.07, 6.45) is 0. The lowest BCUT2D eigenvalue weighted by Gasteiger charge is -2.11. The Labute approximate surface area is 93.4 Å². The van der Waals surface area contributed by atoms with Crippen molar-refractivity contribution >= 4 is 35.0 Å². The lowest BCUT2D eigenvalue weighted by molar-refractivity contribution is -0.0328. The molecule has 0 amide bonds. The fourth-order valence-electron chi connectivity index (χ4n) is 0.876. The van der Waals surface area contributed by atoms with Gasteiger partial charge in [0.15, 0.2) is 0 Å². The van der Waals surface area contributed by atoms with Gasteiger partial charge in [0, 0.05) is 9.92 Å². The lowest BCUT2D eigenvalue weighted by atomic mass is 10.2. The van der Waals surface area contributed by atoms with Crippen LogP contribution in [0.3, 0.4) is 0 Å². The van der Waals surface area contributed by atoms with Crippen LogP contribution in [0.15, 0.2) is 17.0 Å². The van der Waals surface area contributed by atoms with Crippen LogP contribution < -0.4 is 0 Å². The average molecular weight is 261 g/mol. The van der Waals surface area contributed by atoms with E-state index in [4.69, 9.17) is 23.2 Å². The molecule has 1 rings (SSSR count). The third kappa shape index (κ3) is 2.97. The minimum absolute atomic E-state index is 0.0355. The molecule has 0 aliphatic heterocycles. The van der Waals surface area contributed by atoms with E-state index < -0.39 is 5.51 Å². The largest absolute Gasteiger partial charge is 0.446 e. The molecule has 0 N–H and O–H groups in total. The van der Waals surface area contributed by atoms with Crippen LogP contribution in [0.2, 0.25) is 10.0 Å². The van der Waals surface area contributed by atoms with Gasteiger partial charge in [-0.15, -0.1) is 0 Å². The molecule has 0 heterocycles. The average Bonchev–Trinajstić information content (AvgIpc) is 2.04. The Morgan fingerprint density at radius 2 is 1.64 bits per heavy atom. The lowest BCUT2D eigenvalue weighted by Crippen LogP contribution is -2.00. The van der Waals surface area contributed by atoms with Crippen molar-refractivity contribution in [2.24, 2.45) is 0 Å². The van der Waals surface area contributed by atoms with Gasteiger partial charge in [-0.1, -0.05) is 23.2 Å². The van der Waals surface area contributed by atoms with Crippen LogP contribution in [0.4, 0.5) is 13.2 Å². The summed E-state index contributed by atoms with van der Waals surface area (Å²) in [4.78, 5) is -0.0355. The standard InChI is InChI=1S/C8H5Cl2F3S/c1-4-5(9)2-3-6(10)7(4)14-8(11,12)13/h2-3H,1H3. The molecule has 0 saturated heterocycles. The van der Waals surface area contributed by atoms with Crippen LogP contribution in [0.1, 0.15) is 5.56 Å². The van der Waals surface area contributed by atoms with Crippen LogP contribution in [0.25, 0.3) is 0 Å². The van der Waals surface area contributed by atoms with Gasteiger partial charge in [-0.25, -0.2) is 0 Å². The van der Waals surface area contributed by atoms with Gasteiger partial charge in [0.05, 0.1) is 5.02 Å². The van der Waals surface area contributed by atoms with Crippen molar-refractivity contribution in [2.45, 2.75) is 17.3 Å². The summed E-state index contributed by atoms with van der Waals surface area (Å²) in [5.74, 6) is 0. The molecule has 6 heteroatoms. The molecule has 0 atom stereocenters. The maximum Gasteiger partial charge on any atom is 0.446 e. The van der Waals surface area contributed by atoms with Gasteiger partial charge in [0.1, 0.15) is 0 Å². The normalized spacial score (nSPS) is 11.9. The summed E-state index contributed by atoms with van der Waals surface area (Å²) in [5.41, 5.74) is -4.00. The van der Waals surface area contributed by atoms with E-state index in [0.29, 0.717) is 5.56 Å². The molecular weight excluding hydrogens is 256 g/mol. The van der Waals surface area contributed by atoms with Crippen molar-refractivity contribution in [1.29, 1.82) is 0 Å². The molecule has 0 aliphatic carbocycles. The molecule has 0 fully saturated rings. The Hall–Kier alpha value is -0.0600. The van der Waals surface area contributed by atoms with Crippen molar-refractivity contribution in [3.05, 3.63) is 27.7 Å². The number of thioether (sulfide) groups is 1. The number of benzene rings is 1. The maximum atomic E-state index is 12.1. The second kappa shape index (κ2) is 4.21. The summed E-state index contributed by atoms with van der Waals surface area (Å²) in [7, 11) is 0.